The van der Waals surface area contributed by atoms with Crippen LogP contribution in [0.15, 0.2) is 35.3 Å². The second kappa shape index (κ2) is 8.29. The van der Waals surface area contributed by atoms with E-state index < -0.39 is 0 Å². The molecule has 0 aliphatic rings. The highest BCUT2D eigenvalue weighted by atomic mass is 127. The zero-order valence-electron chi connectivity index (χ0n) is 14.0. The Morgan fingerprint density at radius 3 is 2.74 bits per heavy atom. The fourth-order valence-electron chi connectivity index (χ4n) is 1.94. The number of halogens is 1. The summed E-state index contributed by atoms with van der Waals surface area (Å²) in [5.41, 5.74) is 4.14. The molecule has 0 fully saturated rings. The standard InChI is InChI=1S/C18H22IN3O/c1-5-22(4)12-20-17-10-16(19)18(21-14(17)3)23-11-15-9-7-6-8-13(15)2/h6-10,12H,5,11H2,1-4H3. The molecular weight excluding hydrogens is 401 g/mol. The van der Waals surface area contributed by atoms with Crippen LogP contribution in [-0.4, -0.2) is 29.8 Å². The molecule has 2 rings (SSSR count). The Kier molecular flexibility index (Phi) is 6.38. The van der Waals surface area contributed by atoms with Gasteiger partial charge in [-0.25, -0.2) is 9.98 Å². The van der Waals surface area contributed by atoms with Crippen LogP contribution in [-0.2, 0) is 6.61 Å². The number of pyridine rings is 1. The molecule has 1 heterocycles. The number of aliphatic imine (C=N–C) groups is 1. The van der Waals surface area contributed by atoms with Crippen LogP contribution in [0.4, 0.5) is 5.69 Å². The molecule has 0 N–H and O–H groups in total. The van der Waals surface area contributed by atoms with Crippen molar-refractivity contribution >= 4 is 34.6 Å². The number of hydrogen-bond donors (Lipinski definition) is 0. The van der Waals surface area contributed by atoms with Gasteiger partial charge in [-0.15, -0.1) is 0 Å². The molecule has 0 atom stereocenters. The minimum Gasteiger partial charge on any atom is -0.472 e. The van der Waals surface area contributed by atoms with Crippen LogP contribution in [0.1, 0.15) is 23.7 Å². The molecule has 122 valence electrons. The van der Waals surface area contributed by atoms with E-state index >= 15 is 0 Å². The molecule has 1 aromatic heterocycles. The average Bonchev–Trinajstić information content (AvgIpc) is 2.54. The van der Waals surface area contributed by atoms with Gasteiger partial charge in [-0.1, -0.05) is 24.3 Å². The zero-order chi connectivity index (χ0) is 16.8. The second-order valence-corrected chi connectivity index (χ2v) is 6.58. The Hall–Kier alpha value is -1.63. The van der Waals surface area contributed by atoms with Gasteiger partial charge in [0.15, 0.2) is 0 Å². The molecule has 23 heavy (non-hydrogen) atoms. The van der Waals surface area contributed by atoms with E-state index in [-0.39, 0.29) is 0 Å². The van der Waals surface area contributed by atoms with Gasteiger partial charge in [0.05, 0.1) is 21.3 Å². The van der Waals surface area contributed by atoms with Crippen molar-refractivity contribution in [1.82, 2.24) is 9.88 Å². The summed E-state index contributed by atoms with van der Waals surface area (Å²) in [6.07, 6.45) is 1.83. The van der Waals surface area contributed by atoms with E-state index in [9.17, 15) is 0 Å². The van der Waals surface area contributed by atoms with E-state index in [1.807, 2.05) is 43.4 Å². The lowest BCUT2D eigenvalue weighted by Gasteiger charge is -2.12. The van der Waals surface area contributed by atoms with Crippen molar-refractivity contribution in [2.24, 2.45) is 4.99 Å². The molecule has 1 aromatic carbocycles. The Balaban J connectivity index is 2.14. The molecule has 0 amide bonds. The first-order valence-electron chi connectivity index (χ1n) is 7.60. The molecule has 5 heteroatoms. The van der Waals surface area contributed by atoms with E-state index in [0.717, 1.165) is 21.5 Å². The number of aromatic nitrogens is 1. The highest BCUT2D eigenvalue weighted by Crippen LogP contribution is 2.27. The van der Waals surface area contributed by atoms with E-state index in [1.165, 1.54) is 11.1 Å². The molecule has 0 saturated heterocycles. The van der Waals surface area contributed by atoms with Gasteiger partial charge in [-0.3, -0.25) is 0 Å². The third kappa shape index (κ3) is 4.92. The lowest BCUT2D eigenvalue weighted by atomic mass is 10.1. The minimum absolute atomic E-state index is 0.524. The summed E-state index contributed by atoms with van der Waals surface area (Å²) >= 11 is 2.25. The number of ether oxygens (including phenoxy) is 1. The molecule has 0 saturated carbocycles. The quantitative estimate of drug-likeness (QED) is 0.390. The van der Waals surface area contributed by atoms with Crippen molar-refractivity contribution in [3.63, 3.8) is 0 Å². The third-order valence-corrected chi connectivity index (χ3v) is 4.40. The number of benzene rings is 1. The summed E-state index contributed by atoms with van der Waals surface area (Å²) in [6, 6.07) is 10.2. The van der Waals surface area contributed by atoms with Gasteiger partial charge in [0.2, 0.25) is 5.88 Å². The van der Waals surface area contributed by atoms with Crippen LogP contribution in [0.2, 0.25) is 0 Å². The van der Waals surface area contributed by atoms with E-state index in [4.69, 9.17) is 4.74 Å². The normalized spacial score (nSPS) is 11.0. The number of aryl methyl sites for hydroxylation is 2. The maximum Gasteiger partial charge on any atom is 0.227 e. The summed E-state index contributed by atoms with van der Waals surface area (Å²) in [7, 11) is 2.00. The lowest BCUT2D eigenvalue weighted by molar-refractivity contribution is 0.290. The van der Waals surface area contributed by atoms with Crippen LogP contribution < -0.4 is 4.74 Å². The first kappa shape index (κ1) is 17.7. The van der Waals surface area contributed by atoms with E-state index in [0.29, 0.717) is 12.5 Å². The molecule has 0 radical (unpaired) electrons. The molecule has 0 aliphatic heterocycles. The van der Waals surface area contributed by atoms with Gasteiger partial charge in [0.1, 0.15) is 6.61 Å². The highest BCUT2D eigenvalue weighted by molar-refractivity contribution is 14.1. The summed E-state index contributed by atoms with van der Waals surface area (Å²) in [6.45, 7) is 7.57. The van der Waals surface area contributed by atoms with Gasteiger partial charge >= 0.3 is 0 Å². The number of rotatable bonds is 6. The monoisotopic (exact) mass is 423 g/mol. The Morgan fingerprint density at radius 1 is 1.30 bits per heavy atom. The lowest BCUT2D eigenvalue weighted by Crippen LogP contribution is -2.14. The summed E-state index contributed by atoms with van der Waals surface area (Å²) in [5.74, 6) is 0.661. The van der Waals surface area contributed by atoms with Crippen molar-refractivity contribution in [2.75, 3.05) is 13.6 Å². The van der Waals surface area contributed by atoms with Gasteiger partial charge in [0.25, 0.3) is 0 Å². The number of hydrogen-bond acceptors (Lipinski definition) is 3. The average molecular weight is 423 g/mol. The number of nitrogens with zero attached hydrogens (tertiary/aromatic N) is 3. The Labute approximate surface area is 151 Å². The molecule has 0 unspecified atom stereocenters. The summed E-state index contributed by atoms with van der Waals surface area (Å²) in [4.78, 5) is 11.1. The summed E-state index contributed by atoms with van der Waals surface area (Å²) < 4.78 is 6.87. The van der Waals surface area contributed by atoms with Crippen LogP contribution in [0.5, 0.6) is 5.88 Å². The molecule has 0 bridgehead atoms. The third-order valence-electron chi connectivity index (χ3n) is 3.63. The first-order chi connectivity index (χ1) is 11.0. The fourth-order valence-corrected chi connectivity index (χ4v) is 2.51. The van der Waals surface area contributed by atoms with Gasteiger partial charge in [0, 0.05) is 13.6 Å². The molecule has 4 nitrogen and oxygen atoms in total. The fraction of sp³-hybridized carbons (Fsp3) is 0.333. The maximum absolute atomic E-state index is 5.91. The predicted molar refractivity (Wildman–Crippen MR) is 104 cm³/mol. The minimum atomic E-state index is 0.524. The molecular formula is C18H22IN3O. The smallest absolute Gasteiger partial charge is 0.227 e. The van der Waals surface area contributed by atoms with Crippen LogP contribution in [0.25, 0.3) is 0 Å². The van der Waals surface area contributed by atoms with E-state index in [1.54, 1.807) is 0 Å². The topological polar surface area (TPSA) is 37.7 Å². The zero-order valence-corrected chi connectivity index (χ0v) is 16.2. The summed E-state index contributed by atoms with van der Waals surface area (Å²) in [5, 5.41) is 0. The Bertz CT molecular complexity index is 701. The van der Waals surface area contributed by atoms with Crippen LogP contribution in [0, 0.1) is 17.4 Å². The highest BCUT2D eigenvalue weighted by Gasteiger charge is 2.09. The maximum atomic E-state index is 5.91. The second-order valence-electron chi connectivity index (χ2n) is 5.41. The van der Waals surface area contributed by atoms with Gasteiger partial charge < -0.3 is 9.64 Å². The van der Waals surface area contributed by atoms with Gasteiger partial charge in [-0.2, -0.15) is 0 Å². The van der Waals surface area contributed by atoms with E-state index in [2.05, 4.69) is 58.5 Å². The first-order valence-corrected chi connectivity index (χ1v) is 8.68. The largest absolute Gasteiger partial charge is 0.472 e. The van der Waals surface area contributed by atoms with Crippen molar-refractivity contribution in [2.45, 2.75) is 27.4 Å². The predicted octanol–water partition coefficient (Wildman–Crippen LogP) is 4.49. The van der Waals surface area contributed by atoms with Gasteiger partial charge in [-0.05, 0) is 60.6 Å². The van der Waals surface area contributed by atoms with Crippen molar-refractivity contribution < 1.29 is 4.74 Å². The molecule has 0 spiro atoms. The van der Waals surface area contributed by atoms with Crippen LogP contribution >= 0.6 is 22.6 Å². The Morgan fingerprint density at radius 2 is 2.04 bits per heavy atom. The van der Waals surface area contributed by atoms with Crippen molar-refractivity contribution in [1.29, 1.82) is 0 Å². The van der Waals surface area contributed by atoms with Crippen LogP contribution in [0.3, 0.4) is 0 Å². The SMILES string of the molecule is CCN(C)C=Nc1cc(I)c(OCc2ccccc2C)nc1C. The molecule has 0 aliphatic carbocycles. The van der Waals surface area contributed by atoms with Crippen molar-refractivity contribution in [3.8, 4) is 5.88 Å². The van der Waals surface area contributed by atoms with Crippen molar-refractivity contribution in [3.05, 3.63) is 50.7 Å². The molecule has 2 aromatic rings.